The van der Waals surface area contributed by atoms with E-state index in [2.05, 4.69) is 0 Å². The molecule has 2 aliphatic heterocycles. The number of anilines is 2. The van der Waals surface area contributed by atoms with Gasteiger partial charge in [-0.05, 0) is 53.8 Å². The molecule has 0 saturated heterocycles. The Kier molecular flexibility index (Phi) is 4.48. The highest BCUT2D eigenvalue weighted by molar-refractivity contribution is 7.11. The molecule has 4 nitrogen and oxygen atoms in total. The number of benzene rings is 2. The van der Waals surface area contributed by atoms with Gasteiger partial charge in [-0.1, -0.05) is 24.3 Å². The Hall–Kier alpha value is -3.39. The quantitative estimate of drug-likeness (QED) is 0.531. The number of amides is 2. The lowest BCUT2D eigenvalue weighted by Crippen LogP contribution is -2.34. The first-order chi connectivity index (χ1) is 14.9. The summed E-state index contributed by atoms with van der Waals surface area (Å²) < 4.78 is 38.8. The van der Waals surface area contributed by atoms with Crippen molar-refractivity contribution in [2.75, 3.05) is 16.3 Å². The van der Waals surface area contributed by atoms with Crippen molar-refractivity contribution < 1.29 is 22.8 Å². The van der Waals surface area contributed by atoms with Crippen molar-refractivity contribution in [1.29, 1.82) is 0 Å². The molecule has 0 fully saturated rings. The molecule has 0 spiro atoms. The van der Waals surface area contributed by atoms with Crippen LogP contribution in [0.4, 0.5) is 24.5 Å². The number of carbonyl (C=O) groups is 2. The third-order valence-electron chi connectivity index (χ3n) is 5.44. The monoisotopic (exact) mass is 440 g/mol. The average molecular weight is 440 g/mol. The van der Waals surface area contributed by atoms with E-state index < -0.39 is 23.6 Å². The predicted octanol–water partition coefficient (Wildman–Crippen LogP) is 5.11. The van der Waals surface area contributed by atoms with Crippen LogP contribution in [0, 0.1) is 0 Å². The summed E-state index contributed by atoms with van der Waals surface area (Å²) in [5.41, 5.74) is 1.75. The Morgan fingerprint density at radius 1 is 0.871 bits per heavy atom. The Bertz CT molecular complexity index is 1210. The van der Waals surface area contributed by atoms with Crippen LogP contribution in [0.5, 0.6) is 0 Å². The molecule has 2 aromatic carbocycles. The molecule has 31 heavy (non-hydrogen) atoms. The number of hydrogen-bond acceptors (Lipinski definition) is 4. The summed E-state index contributed by atoms with van der Waals surface area (Å²) in [5.74, 6) is -1.07. The summed E-state index contributed by atoms with van der Waals surface area (Å²) in [5, 5.41) is 1.82. The fourth-order valence-electron chi connectivity index (χ4n) is 4.02. The van der Waals surface area contributed by atoms with Gasteiger partial charge in [-0.15, -0.1) is 11.3 Å². The number of alkyl halides is 3. The fourth-order valence-corrected chi connectivity index (χ4v) is 4.78. The summed E-state index contributed by atoms with van der Waals surface area (Å²) in [6.45, 7) is 0.545. The lowest BCUT2D eigenvalue weighted by Gasteiger charge is -2.22. The number of hydrogen-bond donors (Lipinski definition) is 0. The molecule has 156 valence electrons. The average Bonchev–Trinajstić information content (AvgIpc) is 3.46. The first-order valence-electron chi connectivity index (χ1n) is 9.56. The van der Waals surface area contributed by atoms with Crippen LogP contribution >= 0.6 is 11.3 Å². The highest BCUT2D eigenvalue weighted by Gasteiger charge is 2.44. The van der Waals surface area contributed by atoms with Gasteiger partial charge in [0, 0.05) is 17.1 Å². The largest absolute Gasteiger partial charge is 0.416 e. The highest BCUT2D eigenvalue weighted by atomic mass is 32.1. The molecule has 0 atom stereocenters. The van der Waals surface area contributed by atoms with Crippen LogP contribution in [0.15, 0.2) is 71.7 Å². The van der Waals surface area contributed by atoms with E-state index in [1.807, 2.05) is 34.5 Å². The molecule has 0 saturated carbocycles. The van der Waals surface area contributed by atoms with Gasteiger partial charge in [0.05, 0.1) is 16.8 Å². The highest BCUT2D eigenvalue weighted by Crippen LogP contribution is 2.41. The maximum absolute atomic E-state index is 13.5. The van der Waals surface area contributed by atoms with Gasteiger partial charge < -0.3 is 4.90 Å². The summed E-state index contributed by atoms with van der Waals surface area (Å²) >= 11 is 1.34. The van der Waals surface area contributed by atoms with E-state index in [-0.39, 0.29) is 17.0 Å². The number of fused-ring (bicyclic) bond motifs is 1. The van der Waals surface area contributed by atoms with Crippen molar-refractivity contribution >= 4 is 40.1 Å². The second-order valence-corrected chi connectivity index (χ2v) is 8.17. The number of para-hydroxylation sites is 1. The number of thiophene rings is 1. The van der Waals surface area contributed by atoms with E-state index in [1.165, 1.54) is 11.3 Å². The molecule has 0 N–H and O–H groups in total. The Morgan fingerprint density at radius 2 is 1.61 bits per heavy atom. The third-order valence-corrected chi connectivity index (χ3v) is 6.32. The number of halogens is 3. The molecule has 0 unspecified atom stereocenters. The molecular formula is C23H15F3N2O2S. The van der Waals surface area contributed by atoms with Gasteiger partial charge in [0.15, 0.2) is 0 Å². The zero-order valence-electron chi connectivity index (χ0n) is 16.0. The van der Waals surface area contributed by atoms with Crippen molar-refractivity contribution in [2.24, 2.45) is 0 Å². The van der Waals surface area contributed by atoms with Gasteiger partial charge in [-0.25, -0.2) is 4.90 Å². The minimum atomic E-state index is -4.50. The smallest absolute Gasteiger partial charge is 0.336 e. The Morgan fingerprint density at radius 3 is 2.29 bits per heavy atom. The molecule has 0 radical (unpaired) electrons. The summed E-state index contributed by atoms with van der Waals surface area (Å²) in [6.07, 6.45) is -3.76. The van der Waals surface area contributed by atoms with Crippen molar-refractivity contribution in [3.63, 3.8) is 0 Å². The van der Waals surface area contributed by atoms with Gasteiger partial charge >= 0.3 is 6.18 Å². The Labute approximate surface area is 179 Å². The van der Waals surface area contributed by atoms with E-state index in [4.69, 9.17) is 0 Å². The van der Waals surface area contributed by atoms with Gasteiger partial charge in [0.1, 0.15) is 5.70 Å². The first-order valence-corrected chi connectivity index (χ1v) is 10.4. The topological polar surface area (TPSA) is 40.6 Å². The fraction of sp³-hybridized carbons (Fsp3) is 0.130. The third kappa shape index (κ3) is 3.14. The molecule has 2 amide bonds. The number of nitrogens with zero attached hydrogens (tertiary/aromatic N) is 2. The van der Waals surface area contributed by atoms with Crippen LogP contribution in [0.25, 0.3) is 5.57 Å². The maximum Gasteiger partial charge on any atom is 0.416 e. The van der Waals surface area contributed by atoms with Gasteiger partial charge in [0.25, 0.3) is 11.8 Å². The molecule has 3 aromatic rings. The van der Waals surface area contributed by atoms with E-state index in [9.17, 15) is 22.8 Å². The van der Waals surface area contributed by atoms with Crippen molar-refractivity contribution in [2.45, 2.75) is 12.6 Å². The van der Waals surface area contributed by atoms with Crippen molar-refractivity contribution in [3.8, 4) is 0 Å². The number of carbonyl (C=O) groups excluding carboxylic acids is 2. The standard InChI is InChI=1S/C23H15F3N2O2S/c24-23(25,26)15-7-9-16(10-8-15)28-21(29)19(18-6-3-13-31-18)20(22(28)30)27-12-11-14-4-1-2-5-17(14)27/h1-10,13H,11-12H2. The van der Waals surface area contributed by atoms with Crippen LogP contribution in [0.3, 0.4) is 0 Å². The Balaban J connectivity index is 1.61. The summed E-state index contributed by atoms with van der Waals surface area (Å²) in [4.78, 5) is 30.3. The van der Waals surface area contributed by atoms with Gasteiger partial charge in [0.2, 0.25) is 0 Å². The van der Waals surface area contributed by atoms with Crippen LogP contribution in [0.1, 0.15) is 16.0 Å². The van der Waals surface area contributed by atoms with Crippen molar-refractivity contribution in [3.05, 3.63) is 87.7 Å². The zero-order valence-corrected chi connectivity index (χ0v) is 16.8. The van der Waals surface area contributed by atoms with Crippen LogP contribution in [-0.4, -0.2) is 18.4 Å². The summed E-state index contributed by atoms with van der Waals surface area (Å²) in [7, 11) is 0. The van der Waals surface area contributed by atoms with Crippen LogP contribution in [-0.2, 0) is 22.2 Å². The van der Waals surface area contributed by atoms with Crippen LogP contribution < -0.4 is 9.80 Å². The second-order valence-electron chi connectivity index (χ2n) is 7.22. The molecule has 0 bridgehead atoms. The molecule has 0 aliphatic carbocycles. The van der Waals surface area contributed by atoms with E-state index in [0.29, 0.717) is 11.4 Å². The lowest BCUT2D eigenvalue weighted by atomic mass is 10.1. The number of imide groups is 1. The van der Waals surface area contributed by atoms with E-state index in [0.717, 1.165) is 46.8 Å². The first kappa shape index (κ1) is 19.6. The normalized spacial score (nSPS) is 16.5. The minimum Gasteiger partial charge on any atom is -0.336 e. The SMILES string of the molecule is O=C1C(c2cccs2)=C(N2CCc3ccccc32)C(=O)N1c1ccc(C(F)(F)F)cc1. The van der Waals surface area contributed by atoms with E-state index >= 15 is 0 Å². The lowest BCUT2D eigenvalue weighted by molar-refractivity contribution is -0.137. The molecule has 3 heterocycles. The summed E-state index contributed by atoms with van der Waals surface area (Å²) in [6, 6.07) is 15.3. The maximum atomic E-state index is 13.5. The molecular weight excluding hydrogens is 425 g/mol. The van der Waals surface area contributed by atoms with Gasteiger partial charge in [-0.3, -0.25) is 9.59 Å². The zero-order chi connectivity index (χ0) is 21.8. The van der Waals surface area contributed by atoms with Crippen LogP contribution in [0.2, 0.25) is 0 Å². The van der Waals surface area contributed by atoms with E-state index in [1.54, 1.807) is 12.1 Å². The molecule has 1 aromatic heterocycles. The van der Waals surface area contributed by atoms with Crippen molar-refractivity contribution in [1.82, 2.24) is 0 Å². The number of rotatable bonds is 3. The second kappa shape index (κ2) is 7.09. The van der Waals surface area contributed by atoms with Gasteiger partial charge in [-0.2, -0.15) is 13.2 Å². The molecule has 2 aliphatic rings. The predicted molar refractivity (Wildman–Crippen MR) is 113 cm³/mol. The molecule has 8 heteroatoms. The minimum absolute atomic E-state index is 0.111. The molecule has 5 rings (SSSR count).